The molecule has 2 aromatic carbocycles. The van der Waals surface area contributed by atoms with Gasteiger partial charge in [-0.2, -0.15) is 11.8 Å². The number of rotatable bonds is 3. The van der Waals surface area contributed by atoms with Gasteiger partial charge in [-0.1, -0.05) is 49.4 Å². The zero-order valence-corrected chi connectivity index (χ0v) is 13.0. The first kappa shape index (κ1) is 13.6. The van der Waals surface area contributed by atoms with E-state index in [1.165, 1.54) is 27.9 Å². The quantitative estimate of drug-likeness (QED) is 0.854. The summed E-state index contributed by atoms with van der Waals surface area (Å²) in [5, 5.41) is 3.80. The third-order valence-corrected chi connectivity index (χ3v) is 5.12. The van der Waals surface area contributed by atoms with Crippen LogP contribution in [0.2, 0.25) is 0 Å². The van der Waals surface area contributed by atoms with Crippen molar-refractivity contribution in [3.63, 3.8) is 0 Å². The lowest BCUT2D eigenvalue weighted by molar-refractivity contribution is 0.864. The third kappa shape index (κ3) is 2.57. The highest BCUT2D eigenvalue weighted by molar-refractivity contribution is 7.98. The number of para-hydroxylation sites is 1. The van der Waals surface area contributed by atoms with Gasteiger partial charge >= 0.3 is 0 Å². The minimum Gasteiger partial charge on any atom is -0.377 e. The van der Waals surface area contributed by atoms with E-state index in [-0.39, 0.29) is 0 Å². The molecular weight excluding hydrogens is 262 g/mol. The zero-order valence-electron chi connectivity index (χ0n) is 12.1. The van der Waals surface area contributed by atoms with Crippen LogP contribution in [0.1, 0.15) is 35.2 Å². The lowest BCUT2D eigenvalue weighted by Gasteiger charge is -2.28. The minimum absolute atomic E-state index is 0.427. The molecule has 1 N–H and O–H groups in total. The maximum atomic E-state index is 3.80. The fourth-order valence-corrected chi connectivity index (χ4v) is 4.00. The SMILES string of the molecule is CCc1cccc(C)c1NC1CSCc2ccccc21. The second-order valence-corrected chi connectivity index (χ2v) is 6.40. The van der Waals surface area contributed by atoms with Crippen molar-refractivity contribution in [2.24, 2.45) is 0 Å². The van der Waals surface area contributed by atoms with Crippen LogP contribution in [0.15, 0.2) is 42.5 Å². The second kappa shape index (κ2) is 5.92. The fraction of sp³-hybridized carbons (Fsp3) is 0.333. The van der Waals surface area contributed by atoms with Gasteiger partial charge in [0, 0.05) is 17.2 Å². The van der Waals surface area contributed by atoms with Crippen LogP contribution in [0.4, 0.5) is 5.69 Å². The molecule has 0 fully saturated rings. The van der Waals surface area contributed by atoms with E-state index in [1.807, 2.05) is 11.8 Å². The first-order chi connectivity index (χ1) is 9.79. The van der Waals surface area contributed by atoms with E-state index < -0.39 is 0 Å². The molecule has 1 aliphatic rings. The van der Waals surface area contributed by atoms with E-state index in [2.05, 4.69) is 61.6 Å². The van der Waals surface area contributed by atoms with Gasteiger partial charge in [-0.05, 0) is 35.6 Å². The van der Waals surface area contributed by atoms with Gasteiger partial charge in [0.05, 0.1) is 6.04 Å². The molecule has 1 atom stereocenters. The van der Waals surface area contributed by atoms with E-state index in [4.69, 9.17) is 0 Å². The van der Waals surface area contributed by atoms with Crippen LogP contribution in [-0.4, -0.2) is 5.75 Å². The molecule has 3 rings (SSSR count). The molecule has 2 heteroatoms. The number of hydrogen-bond donors (Lipinski definition) is 1. The van der Waals surface area contributed by atoms with E-state index in [9.17, 15) is 0 Å². The molecule has 1 aliphatic heterocycles. The highest BCUT2D eigenvalue weighted by Crippen LogP contribution is 2.35. The first-order valence-electron chi connectivity index (χ1n) is 7.30. The Labute approximate surface area is 125 Å². The molecule has 0 bridgehead atoms. The van der Waals surface area contributed by atoms with Crippen molar-refractivity contribution in [1.29, 1.82) is 0 Å². The van der Waals surface area contributed by atoms with Crippen LogP contribution in [0.25, 0.3) is 0 Å². The van der Waals surface area contributed by atoms with E-state index >= 15 is 0 Å². The number of anilines is 1. The maximum Gasteiger partial charge on any atom is 0.0607 e. The second-order valence-electron chi connectivity index (χ2n) is 5.37. The van der Waals surface area contributed by atoms with Gasteiger partial charge in [0.1, 0.15) is 0 Å². The molecule has 0 spiro atoms. The van der Waals surface area contributed by atoms with Crippen LogP contribution < -0.4 is 5.32 Å². The standard InChI is InChI=1S/C18H21NS/c1-3-14-9-6-7-13(2)18(14)19-17-12-20-11-15-8-4-5-10-16(15)17/h4-10,17,19H,3,11-12H2,1-2H3. The van der Waals surface area contributed by atoms with Crippen LogP contribution >= 0.6 is 11.8 Å². The molecule has 1 nitrogen and oxygen atoms in total. The summed E-state index contributed by atoms with van der Waals surface area (Å²) in [5.74, 6) is 2.29. The molecule has 0 saturated carbocycles. The maximum absolute atomic E-state index is 3.80. The fourth-order valence-electron chi connectivity index (χ4n) is 2.91. The Bertz CT molecular complexity index is 606. The Morgan fingerprint density at radius 3 is 2.85 bits per heavy atom. The molecule has 0 saturated heterocycles. The van der Waals surface area contributed by atoms with Gasteiger partial charge in [-0.15, -0.1) is 0 Å². The van der Waals surface area contributed by atoms with Gasteiger partial charge in [0.25, 0.3) is 0 Å². The average molecular weight is 283 g/mol. The summed E-state index contributed by atoms with van der Waals surface area (Å²) in [6, 6.07) is 15.8. The summed E-state index contributed by atoms with van der Waals surface area (Å²) in [6.07, 6.45) is 1.07. The molecule has 0 radical (unpaired) electrons. The van der Waals surface area contributed by atoms with Crippen LogP contribution in [0.3, 0.4) is 0 Å². The Kier molecular flexibility index (Phi) is 4.02. The Balaban J connectivity index is 1.93. The Morgan fingerprint density at radius 1 is 1.15 bits per heavy atom. The molecule has 0 aliphatic carbocycles. The van der Waals surface area contributed by atoms with Gasteiger partial charge in [-0.3, -0.25) is 0 Å². The topological polar surface area (TPSA) is 12.0 Å². The van der Waals surface area contributed by atoms with Crippen molar-refractivity contribution in [3.8, 4) is 0 Å². The summed E-state index contributed by atoms with van der Waals surface area (Å²) < 4.78 is 0. The predicted octanol–water partition coefficient (Wildman–Crippen LogP) is 4.96. The Morgan fingerprint density at radius 2 is 2.00 bits per heavy atom. The van der Waals surface area contributed by atoms with Crippen LogP contribution in [0, 0.1) is 6.92 Å². The minimum atomic E-state index is 0.427. The molecule has 1 unspecified atom stereocenters. The summed E-state index contributed by atoms with van der Waals surface area (Å²) in [5.41, 5.74) is 7.04. The van der Waals surface area contributed by atoms with Crippen molar-refractivity contribution in [2.45, 2.75) is 32.1 Å². The number of benzene rings is 2. The van der Waals surface area contributed by atoms with Crippen molar-refractivity contribution in [2.75, 3.05) is 11.1 Å². The summed E-state index contributed by atoms with van der Waals surface area (Å²) in [4.78, 5) is 0. The van der Waals surface area contributed by atoms with Crippen LogP contribution in [-0.2, 0) is 12.2 Å². The number of hydrogen-bond acceptors (Lipinski definition) is 2. The van der Waals surface area contributed by atoms with Gasteiger partial charge in [0.2, 0.25) is 0 Å². The summed E-state index contributed by atoms with van der Waals surface area (Å²) >= 11 is 2.02. The first-order valence-corrected chi connectivity index (χ1v) is 8.45. The number of nitrogens with one attached hydrogen (secondary N) is 1. The smallest absolute Gasteiger partial charge is 0.0607 e. The summed E-state index contributed by atoms with van der Waals surface area (Å²) in [6.45, 7) is 4.42. The highest BCUT2D eigenvalue weighted by atomic mass is 32.2. The lowest BCUT2D eigenvalue weighted by atomic mass is 9.99. The van der Waals surface area contributed by atoms with Crippen molar-refractivity contribution in [1.82, 2.24) is 0 Å². The van der Waals surface area contributed by atoms with Crippen LogP contribution in [0.5, 0.6) is 0 Å². The molecule has 0 amide bonds. The average Bonchev–Trinajstić information content (AvgIpc) is 2.49. The molecule has 104 valence electrons. The van der Waals surface area contributed by atoms with Crippen molar-refractivity contribution >= 4 is 17.4 Å². The number of thioether (sulfide) groups is 1. The molecule has 0 aromatic heterocycles. The Hall–Kier alpha value is -1.41. The van der Waals surface area contributed by atoms with E-state index in [1.54, 1.807) is 0 Å². The van der Waals surface area contributed by atoms with Gasteiger partial charge in [-0.25, -0.2) is 0 Å². The molecular formula is C18H21NS. The number of aryl methyl sites for hydroxylation is 2. The van der Waals surface area contributed by atoms with E-state index in [0.29, 0.717) is 6.04 Å². The largest absolute Gasteiger partial charge is 0.377 e. The third-order valence-electron chi connectivity index (χ3n) is 4.03. The zero-order chi connectivity index (χ0) is 13.9. The predicted molar refractivity (Wildman–Crippen MR) is 89.5 cm³/mol. The van der Waals surface area contributed by atoms with E-state index in [0.717, 1.165) is 17.9 Å². The highest BCUT2D eigenvalue weighted by Gasteiger charge is 2.21. The lowest BCUT2D eigenvalue weighted by Crippen LogP contribution is -2.20. The van der Waals surface area contributed by atoms with Crippen molar-refractivity contribution in [3.05, 3.63) is 64.7 Å². The molecule has 2 aromatic rings. The molecule has 1 heterocycles. The normalized spacial score (nSPS) is 17.6. The molecule has 20 heavy (non-hydrogen) atoms. The van der Waals surface area contributed by atoms with Gasteiger partial charge < -0.3 is 5.32 Å². The number of fused-ring (bicyclic) bond motifs is 1. The van der Waals surface area contributed by atoms with Gasteiger partial charge in [0.15, 0.2) is 0 Å². The van der Waals surface area contributed by atoms with Crippen molar-refractivity contribution < 1.29 is 0 Å². The summed E-state index contributed by atoms with van der Waals surface area (Å²) in [7, 11) is 0. The monoisotopic (exact) mass is 283 g/mol.